The monoisotopic (exact) mass is 250 g/mol. The minimum absolute atomic E-state index is 0. The third-order valence-corrected chi connectivity index (χ3v) is 2.01. The molecule has 8 N–H and O–H groups in total. The molecule has 0 aromatic heterocycles. The predicted molar refractivity (Wildman–Crippen MR) is 69.9 cm³/mol. The van der Waals surface area contributed by atoms with E-state index in [1.807, 2.05) is 0 Å². The second-order valence-corrected chi connectivity index (χ2v) is 3.52. The van der Waals surface area contributed by atoms with Crippen molar-refractivity contribution in [1.82, 2.24) is 10.6 Å². The average molecular weight is 251 g/mol. The van der Waals surface area contributed by atoms with Crippen molar-refractivity contribution < 1.29 is 0 Å². The quantitative estimate of drug-likeness (QED) is 0.172. The Kier molecular flexibility index (Phi) is 11.1. The molecule has 0 aliphatic carbocycles. The smallest absolute Gasteiger partial charge is 0.187 e. The molecule has 16 heavy (non-hydrogen) atoms. The maximum atomic E-state index is 7.10. The number of unbranched alkanes of at least 4 members (excludes halogenated alkanes) is 3. The van der Waals surface area contributed by atoms with Gasteiger partial charge >= 0.3 is 0 Å². The highest BCUT2D eigenvalue weighted by Crippen LogP contribution is 2.03. The fourth-order valence-corrected chi connectivity index (χ4v) is 1.33. The number of nitrogens with one attached hydrogen (secondary N) is 4. The standard InChI is InChI=1S/C9H22N6.ClH/c1-2-3-4-5-6-7(14-8(10)11)15-9(12)13;/h7H,2-6H2,1H3,(H4,10,11,14)(H4,12,13,15);1H. The molecular formula is C9H23ClN6. The van der Waals surface area contributed by atoms with E-state index in [1.165, 1.54) is 12.8 Å². The van der Waals surface area contributed by atoms with E-state index in [-0.39, 0.29) is 30.5 Å². The van der Waals surface area contributed by atoms with Gasteiger partial charge in [-0.15, -0.1) is 12.4 Å². The molecule has 0 amide bonds. The van der Waals surface area contributed by atoms with Gasteiger partial charge in [-0.2, -0.15) is 0 Å². The SMILES string of the molecule is CCCCCCC(NC(=N)N)NC(=N)N.Cl. The van der Waals surface area contributed by atoms with Crippen LogP contribution in [0.2, 0.25) is 0 Å². The molecular weight excluding hydrogens is 228 g/mol. The number of rotatable bonds is 7. The summed E-state index contributed by atoms with van der Waals surface area (Å²) >= 11 is 0. The van der Waals surface area contributed by atoms with Crippen molar-refractivity contribution in [2.45, 2.75) is 45.2 Å². The van der Waals surface area contributed by atoms with Crippen molar-refractivity contribution in [1.29, 1.82) is 10.8 Å². The van der Waals surface area contributed by atoms with Crippen LogP contribution in [0.25, 0.3) is 0 Å². The first-order valence-corrected chi connectivity index (χ1v) is 5.27. The summed E-state index contributed by atoms with van der Waals surface area (Å²) in [5.41, 5.74) is 10.4. The second-order valence-electron chi connectivity index (χ2n) is 3.52. The van der Waals surface area contributed by atoms with Gasteiger partial charge in [-0.25, -0.2) is 0 Å². The lowest BCUT2D eigenvalue weighted by molar-refractivity contribution is 0.486. The Hall–Kier alpha value is -1.17. The van der Waals surface area contributed by atoms with Gasteiger partial charge in [0.25, 0.3) is 0 Å². The van der Waals surface area contributed by atoms with Crippen LogP contribution >= 0.6 is 12.4 Å². The molecule has 0 atom stereocenters. The summed E-state index contributed by atoms with van der Waals surface area (Å²) in [6.45, 7) is 2.15. The summed E-state index contributed by atoms with van der Waals surface area (Å²) in [6.07, 6.45) is 5.15. The maximum absolute atomic E-state index is 7.10. The van der Waals surface area contributed by atoms with Crippen LogP contribution in [0.15, 0.2) is 0 Å². The lowest BCUT2D eigenvalue weighted by Gasteiger charge is -2.19. The molecule has 6 nitrogen and oxygen atoms in total. The average Bonchev–Trinajstić information content (AvgIpc) is 2.10. The van der Waals surface area contributed by atoms with Crippen molar-refractivity contribution in [2.24, 2.45) is 11.5 Å². The molecule has 0 aliphatic rings. The van der Waals surface area contributed by atoms with E-state index in [1.54, 1.807) is 0 Å². The van der Waals surface area contributed by atoms with Crippen LogP contribution in [0, 0.1) is 10.8 Å². The molecule has 0 saturated heterocycles. The summed E-state index contributed by atoms with van der Waals surface area (Å²) < 4.78 is 0. The zero-order valence-corrected chi connectivity index (χ0v) is 10.5. The molecule has 0 heterocycles. The first-order valence-electron chi connectivity index (χ1n) is 5.27. The van der Waals surface area contributed by atoms with Crippen LogP contribution in [-0.2, 0) is 0 Å². The number of guanidine groups is 2. The van der Waals surface area contributed by atoms with Gasteiger partial charge in [0.05, 0.1) is 0 Å². The Morgan fingerprint density at radius 2 is 1.56 bits per heavy atom. The van der Waals surface area contributed by atoms with Crippen molar-refractivity contribution in [2.75, 3.05) is 0 Å². The number of hydrogen-bond donors (Lipinski definition) is 6. The first-order chi connectivity index (χ1) is 7.06. The largest absolute Gasteiger partial charge is 0.370 e. The van der Waals surface area contributed by atoms with Crippen molar-refractivity contribution in [3.8, 4) is 0 Å². The van der Waals surface area contributed by atoms with Crippen molar-refractivity contribution in [3.05, 3.63) is 0 Å². The maximum Gasteiger partial charge on any atom is 0.187 e. The number of nitrogens with two attached hydrogens (primary N) is 2. The van der Waals surface area contributed by atoms with Crippen LogP contribution in [0.3, 0.4) is 0 Å². The molecule has 0 fully saturated rings. The number of hydrogen-bond acceptors (Lipinski definition) is 2. The second kappa shape index (κ2) is 10.4. The summed E-state index contributed by atoms with van der Waals surface area (Å²) in [5.74, 6) is -0.214. The minimum Gasteiger partial charge on any atom is -0.370 e. The Morgan fingerprint density at radius 3 is 1.94 bits per heavy atom. The van der Waals surface area contributed by atoms with E-state index in [0.29, 0.717) is 0 Å². The van der Waals surface area contributed by atoms with E-state index in [9.17, 15) is 0 Å². The van der Waals surface area contributed by atoms with Gasteiger partial charge in [0, 0.05) is 0 Å². The van der Waals surface area contributed by atoms with Gasteiger partial charge in [-0.1, -0.05) is 26.2 Å². The normalized spacial score (nSPS) is 11.1. The zero-order valence-electron chi connectivity index (χ0n) is 9.68. The van der Waals surface area contributed by atoms with Crippen LogP contribution in [0.1, 0.15) is 39.0 Å². The molecule has 0 aromatic rings. The van der Waals surface area contributed by atoms with Gasteiger partial charge in [0.2, 0.25) is 0 Å². The van der Waals surface area contributed by atoms with Crippen molar-refractivity contribution >= 4 is 24.3 Å². The van der Waals surface area contributed by atoms with Crippen molar-refractivity contribution in [3.63, 3.8) is 0 Å². The van der Waals surface area contributed by atoms with Gasteiger partial charge in [0.1, 0.15) is 6.17 Å². The minimum atomic E-state index is -0.211. The van der Waals surface area contributed by atoms with E-state index >= 15 is 0 Å². The highest BCUT2D eigenvalue weighted by molar-refractivity contribution is 5.85. The van der Waals surface area contributed by atoms with E-state index in [4.69, 9.17) is 22.3 Å². The molecule has 0 spiro atoms. The Labute approximate surface area is 103 Å². The highest BCUT2D eigenvalue weighted by Gasteiger charge is 2.07. The lowest BCUT2D eigenvalue weighted by atomic mass is 10.1. The molecule has 0 aliphatic heterocycles. The third kappa shape index (κ3) is 10.9. The molecule has 0 saturated carbocycles. The van der Waals surface area contributed by atoms with Gasteiger partial charge in [-0.3, -0.25) is 10.8 Å². The van der Waals surface area contributed by atoms with Crippen LogP contribution < -0.4 is 22.1 Å². The molecule has 0 radical (unpaired) electrons. The molecule has 0 unspecified atom stereocenters. The van der Waals surface area contributed by atoms with Gasteiger partial charge in [0.15, 0.2) is 11.9 Å². The van der Waals surface area contributed by atoms with Gasteiger partial charge < -0.3 is 22.1 Å². The molecule has 96 valence electrons. The van der Waals surface area contributed by atoms with Crippen LogP contribution in [-0.4, -0.2) is 18.1 Å². The molecule has 0 aromatic carbocycles. The zero-order chi connectivity index (χ0) is 11.7. The van der Waals surface area contributed by atoms with Gasteiger partial charge in [-0.05, 0) is 12.8 Å². The molecule has 0 bridgehead atoms. The van der Waals surface area contributed by atoms with E-state index in [2.05, 4.69) is 17.6 Å². The first kappa shape index (κ1) is 17.2. The summed E-state index contributed by atoms with van der Waals surface area (Å²) in [4.78, 5) is 0. The fraction of sp³-hybridized carbons (Fsp3) is 0.778. The summed E-state index contributed by atoms with van der Waals surface area (Å²) in [5, 5.41) is 19.6. The molecule has 7 heteroatoms. The third-order valence-electron chi connectivity index (χ3n) is 2.01. The Morgan fingerprint density at radius 1 is 1.06 bits per heavy atom. The predicted octanol–water partition coefficient (Wildman–Crippen LogP) is 0.671. The highest BCUT2D eigenvalue weighted by atomic mass is 35.5. The van der Waals surface area contributed by atoms with Crippen LogP contribution in [0.5, 0.6) is 0 Å². The fourth-order valence-electron chi connectivity index (χ4n) is 1.33. The summed E-state index contributed by atoms with van der Waals surface area (Å²) in [7, 11) is 0. The Balaban J connectivity index is 0. The number of halogens is 1. The van der Waals surface area contributed by atoms with E-state index < -0.39 is 0 Å². The molecule has 0 rings (SSSR count). The topological polar surface area (TPSA) is 124 Å². The van der Waals surface area contributed by atoms with E-state index in [0.717, 1.165) is 19.3 Å². The Bertz CT molecular complexity index is 192. The van der Waals surface area contributed by atoms with Crippen LogP contribution in [0.4, 0.5) is 0 Å². The summed E-state index contributed by atoms with van der Waals surface area (Å²) in [6, 6.07) is 0. The lowest BCUT2D eigenvalue weighted by Crippen LogP contribution is -2.51.